The molecule has 20 heavy (non-hydrogen) atoms. The first-order valence-corrected chi connectivity index (χ1v) is 7.66. The largest absolute Gasteiger partial charge is 0.310 e. The van der Waals surface area contributed by atoms with Crippen molar-refractivity contribution < 1.29 is 0 Å². The van der Waals surface area contributed by atoms with Crippen molar-refractivity contribution in [1.82, 2.24) is 20.1 Å². The lowest BCUT2D eigenvalue weighted by Gasteiger charge is -2.19. The zero-order valence-electron chi connectivity index (χ0n) is 12.4. The van der Waals surface area contributed by atoms with Gasteiger partial charge in [-0.2, -0.15) is 5.10 Å². The number of likely N-dealkylation sites (N-methyl/N-ethyl adjacent to an activating group) is 1. The van der Waals surface area contributed by atoms with Gasteiger partial charge < -0.3 is 5.32 Å². The summed E-state index contributed by atoms with van der Waals surface area (Å²) >= 11 is 3.64. The Balaban J connectivity index is 2.30. The highest BCUT2D eigenvalue weighted by Gasteiger charge is 2.17. The fourth-order valence-corrected chi connectivity index (χ4v) is 2.93. The van der Waals surface area contributed by atoms with Crippen LogP contribution in [-0.2, 0) is 13.5 Å². The van der Waals surface area contributed by atoms with Crippen LogP contribution >= 0.6 is 15.9 Å². The van der Waals surface area contributed by atoms with Gasteiger partial charge in [0.1, 0.15) is 0 Å². The second-order valence-electron chi connectivity index (χ2n) is 5.01. The molecule has 2 heterocycles. The van der Waals surface area contributed by atoms with Crippen molar-refractivity contribution in [3.63, 3.8) is 0 Å². The maximum absolute atomic E-state index is 4.46. The predicted molar refractivity (Wildman–Crippen MR) is 84.7 cm³/mol. The third kappa shape index (κ3) is 3.27. The highest BCUT2D eigenvalue weighted by atomic mass is 79.9. The Kier molecular flexibility index (Phi) is 4.94. The monoisotopic (exact) mass is 336 g/mol. The van der Waals surface area contributed by atoms with Crippen molar-refractivity contribution in [2.24, 2.45) is 7.05 Å². The Bertz CT molecular complexity index is 592. The zero-order chi connectivity index (χ0) is 14.7. The SMILES string of the molecule is CCNC(Cc1c(Br)c(C)nn1C)c1ccnc(C)c1. The normalized spacial score (nSPS) is 12.7. The highest BCUT2D eigenvalue weighted by molar-refractivity contribution is 9.10. The Hall–Kier alpha value is -1.20. The fraction of sp³-hybridized carbons (Fsp3) is 0.467. The number of hydrogen-bond acceptors (Lipinski definition) is 3. The van der Waals surface area contributed by atoms with Gasteiger partial charge in [-0.15, -0.1) is 0 Å². The number of nitrogens with one attached hydrogen (secondary N) is 1. The maximum Gasteiger partial charge on any atom is 0.0738 e. The van der Waals surface area contributed by atoms with Gasteiger partial charge in [0.05, 0.1) is 15.9 Å². The van der Waals surface area contributed by atoms with Crippen molar-refractivity contribution in [3.05, 3.63) is 45.4 Å². The summed E-state index contributed by atoms with van der Waals surface area (Å²) in [6.07, 6.45) is 2.77. The van der Waals surface area contributed by atoms with Gasteiger partial charge >= 0.3 is 0 Å². The molecule has 2 aromatic heterocycles. The highest BCUT2D eigenvalue weighted by Crippen LogP contribution is 2.26. The van der Waals surface area contributed by atoms with Crippen molar-refractivity contribution in [3.8, 4) is 0 Å². The summed E-state index contributed by atoms with van der Waals surface area (Å²) in [7, 11) is 1.99. The maximum atomic E-state index is 4.46. The van der Waals surface area contributed by atoms with E-state index in [9.17, 15) is 0 Å². The number of pyridine rings is 1. The Labute approximate surface area is 128 Å². The van der Waals surface area contributed by atoms with Gasteiger partial charge in [0.15, 0.2) is 0 Å². The molecular weight excluding hydrogens is 316 g/mol. The molecule has 0 aliphatic carbocycles. The average Bonchev–Trinajstić information content (AvgIpc) is 2.64. The Morgan fingerprint density at radius 3 is 2.70 bits per heavy atom. The molecule has 1 unspecified atom stereocenters. The second kappa shape index (κ2) is 6.50. The molecule has 0 aliphatic heterocycles. The van der Waals surface area contributed by atoms with E-state index in [2.05, 4.69) is 50.4 Å². The molecular formula is C15H21BrN4. The molecule has 0 aromatic carbocycles. The van der Waals surface area contributed by atoms with E-state index in [4.69, 9.17) is 0 Å². The van der Waals surface area contributed by atoms with Crippen molar-refractivity contribution >= 4 is 15.9 Å². The summed E-state index contributed by atoms with van der Waals surface area (Å²) in [5, 5.41) is 8.01. The number of hydrogen-bond donors (Lipinski definition) is 1. The van der Waals surface area contributed by atoms with Gasteiger partial charge in [0.25, 0.3) is 0 Å². The standard InChI is InChI=1S/C15H21BrN4/c1-5-17-13(12-6-7-18-10(2)8-12)9-14-15(16)11(3)19-20(14)4/h6-8,13,17H,5,9H2,1-4H3. The first-order valence-electron chi connectivity index (χ1n) is 6.86. The zero-order valence-corrected chi connectivity index (χ0v) is 14.0. The molecule has 5 heteroatoms. The van der Waals surface area contributed by atoms with Crippen molar-refractivity contribution in [1.29, 1.82) is 0 Å². The van der Waals surface area contributed by atoms with Gasteiger partial charge in [-0.05, 0) is 54.0 Å². The lowest BCUT2D eigenvalue weighted by atomic mass is 10.0. The average molecular weight is 337 g/mol. The van der Waals surface area contributed by atoms with Gasteiger partial charge in [-0.1, -0.05) is 6.92 Å². The Morgan fingerprint density at radius 2 is 2.15 bits per heavy atom. The van der Waals surface area contributed by atoms with Crippen LogP contribution < -0.4 is 5.32 Å². The minimum Gasteiger partial charge on any atom is -0.310 e. The molecule has 0 spiro atoms. The molecule has 4 nitrogen and oxygen atoms in total. The lowest BCUT2D eigenvalue weighted by molar-refractivity contribution is 0.527. The van der Waals surface area contributed by atoms with Gasteiger partial charge in [-0.3, -0.25) is 9.67 Å². The van der Waals surface area contributed by atoms with Crippen LogP contribution in [0, 0.1) is 13.8 Å². The quantitative estimate of drug-likeness (QED) is 0.912. The van der Waals surface area contributed by atoms with Gasteiger partial charge in [0.2, 0.25) is 0 Å². The molecule has 0 amide bonds. The number of halogens is 1. The number of nitrogens with zero attached hydrogens (tertiary/aromatic N) is 3. The third-order valence-electron chi connectivity index (χ3n) is 3.43. The Morgan fingerprint density at radius 1 is 1.40 bits per heavy atom. The summed E-state index contributed by atoms with van der Waals surface area (Å²) in [5.41, 5.74) is 4.56. The van der Waals surface area contributed by atoms with E-state index in [0.717, 1.165) is 28.8 Å². The van der Waals surface area contributed by atoms with Gasteiger partial charge in [-0.25, -0.2) is 0 Å². The van der Waals surface area contributed by atoms with Crippen LogP contribution in [0.15, 0.2) is 22.8 Å². The molecule has 0 aliphatic rings. The minimum absolute atomic E-state index is 0.271. The molecule has 0 bridgehead atoms. The van der Waals surface area contributed by atoms with Crippen molar-refractivity contribution in [2.45, 2.75) is 33.2 Å². The summed E-state index contributed by atoms with van der Waals surface area (Å²) in [6, 6.07) is 4.50. The smallest absolute Gasteiger partial charge is 0.0738 e. The summed E-state index contributed by atoms with van der Waals surface area (Å²) in [6.45, 7) is 7.11. The van der Waals surface area contributed by atoms with Crippen LogP contribution in [0.3, 0.4) is 0 Å². The van der Waals surface area contributed by atoms with Crippen LogP contribution in [0.1, 0.15) is 35.6 Å². The molecule has 2 rings (SSSR count). The number of aromatic nitrogens is 3. The molecule has 0 fully saturated rings. The van der Waals surface area contributed by atoms with Crippen molar-refractivity contribution in [2.75, 3.05) is 6.54 Å². The van der Waals surface area contributed by atoms with E-state index < -0.39 is 0 Å². The van der Waals surface area contributed by atoms with Crippen LogP contribution in [-0.4, -0.2) is 21.3 Å². The van der Waals surface area contributed by atoms with E-state index >= 15 is 0 Å². The van der Waals surface area contributed by atoms with Gasteiger partial charge in [0, 0.05) is 31.4 Å². The van der Waals surface area contributed by atoms with E-state index in [0.29, 0.717) is 0 Å². The number of rotatable bonds is 5. The second-order valence-corrected chi connectivity index (χ2v) is 5.81. The van der Waals surface area contributed by atoms with E-state index in [-0.39, 0.29) is 6.04 Å². The summed E-state index contributed by atoms with van der Waals surface area (Å²) in [4.78, 5) is 4.27. The third-order valence-corrected chi connectivity index (χ3v) is 4.46. The van der Waals surface area contributed by atoms with Crippen LogP contribution in [0.4, 0.5) is 0 Å². The molecule has 108 valence electrons. The summed E-state index contributed by atoms with van der Waals surface area (Å²) in [5.74, 6) is 0. The minimum atomic E-state index is 0.271. The molecule has 1 N–H and O–H groups in total. The van der Waals surface area contributed by atoms with Crippen LogP contribution in [0.25, 0.3) is 0 Å². The molecule has 0 saturated carbocycles. The van der Waals surface area contributed by atoms with Crippen LogP contribution in [0.5, 0.6) is 0 Å². The number of aryl methyl sites for hydroxylation is 3. The summed E-state index contributed by atoms with van der Waals surface area (Å²) < 4.78 is 3.06. The van der Waals surface area contributed by atoms with E-state index in [1.807, 2.05) is 31.8 Å². The molecule has 0 saturated heterocycles. The topological polar surface area (TPSA) is 42.7 Å². The predicted octanol–water partition coefficient (Wildman–Crippen LogP) is 3.09. The van der Waals surface area contributed by atoms with Crippen LogP contribution in [0.2, 0.25) is 0 Å². The first kappa shape index (κ1) is 15.2. The van der Waals surface area contributed by atoms with E-state index in [1.54, 1.807) is 0 Å². The fourth-order valence-electron chi connectivity index (χ4n) is 2.43. The molecule has 2 aromatic rings. The first-order chi connectivity index (χ1) is 9.52. The molecule has 1 atom stereocenters. The van der Waals surface area contributed by atoms with E-state index in [1.165, 1.54) is 11.3 Å². The lowest BCUT2D eigenvalue weighted by Crippen LogP contribution is -2.24. The molecule has 0 radical (unpaired) electrons.